The number of rotatable bonds is 0. The molecule has 0 aliphatic heterocycles. The van der Waals surface area contributed by atoms with Crippen molar-refractivity contribution in [1.29, 1.82) is 0 Å². The highest BCUT2D eigenvalue weighted by Crippen LogP contribution is 2.61. The first-order chi connectivity index (χ1) is 6.72. The zero-order chi connectivity index (χ0) is 9.76. The Morgan fingerprint density at radius 1 is 1.21 bits per heavy atom. The first-order valence-corrected chi connectivity index (χ1v) is 6.48. The molecule has 80 valence electrons. The van der Waals surface area contributed by atoms with E-state index in [-0.39, 0.29) is 0 Å². The first-order valence-electron chi connectivity index (χ1n) is 6.48. The van der Waals surface area contributed by atoms with Crippen LogP contribution in [0.3, 0.4) is 0 Å². The van der Waals surface area contributed by atoms with Gasteiger partial charge in [-0.05, 0) is 55.3 Å². The summed E-state index contributed by atoms with van der Waals surface area (Å²) in [5, 5.41) is 0. The molecule has 1 nitrogen and oxygen atoms in total. The minimum absolute atomic E-state index is 0.559. The van der Waals surface area contributed by atoms with Crippen molar-refractivity contribution < 1.29 is 0 Å². The van der Waals surface area contributed by atoms with Crippen LogP contribution >= 0.6 is 0 Å². The quantitative estimate of drug-likeness (QED) is 0.629. The highest BCUT2D eigenvalue weighted by atomic mass is 14.8. The summed E-state index contributed by atoms with van der Waals surface area (Å²) in [7, 11) is 0. The van der Waals surface area contributed by atoms with E-state index in [9.17, 15) is 0 Å². The molecule has 3 saturated carbocycles. The topological polar surface area (TPSA) is 26.0 Å². The van der Waals surface area contributed by atoms with Gasteiger partial charge >= 0.3 is 0 Å². The second kappa shape index (κ2) is 2.98. The van der Waals surface area contributed by atoms with Gasteiger partial charge in [-0.2, -0.15) is 0 Å². The predicted molar refractivity (Wildman–Crippen MR) is 58.9 cm³/mol. The van der Waals surface area contributed by atoms with E-state index in [1.807, 2.05) is 0 Å². The van der Waals surface area contributed by atoms with Crippen molar-refractivity contribution in [3.63, 3.8) is 0 Å². The molecule has 3 aliphatic rings. The van der Waals surface area contributed by atoms with Gasteiger partial charge in [-0.25, -0.2) is 0 Å². The molecule has 1 heteroatoms. The van der Waals surface area contributed by atoms with E-state index in [1.165, 1.54) is 44.9 Å². The molecule has 14 heavy (non-hydrogen) atoms. The summed E-state index contributed by atoms with van der Waals surface area (Å²) in [4.78, 5) is 0. The molecule has 0 heterocycles. The average Bonchev–Trinajstić information content (AvgIpc) is 2.71. The van der Waals surface area contributed by atoms with Crippen LogP contribution in [-0.2, 0) is 0 Å². The fraction of sp³-hybridized carbons (Fsp3) is 1.00. The van der Waals surface area contributed by atoms with Gasteiger partial charge in [0.25, 0.3) is 0 Å². The molecule has 0 radical (unpaired) electrons. The second-order valence-corrected chi connectivity index (χ2v) is 6.23. The van der Waals surface area contributed by atoms with E-state index < -0.39 is 0 Å². The maximum Gasteiger partial charge on any atom is 0.0127 e. The summed E-state index contributed by atoms with van der Waals surface area (Å²) in [5.41, 5.74) is 7.09. The van der Waals surface area contributed by atoms with Crippen LogP contribution in [0.1, 0.15) is 51.9 Å². The van der Waals surface area contributed by atoms with Crippen LogP contribution in [0, 0.1) is 23.2 Å². The van der Waals surface area contributed by atoms with Gasteiger partial charge in [0.1, 0.15) is 0 Å². The molecule has 1 spiro atoms. The molecule has 2 bridgehead atoms. The number of hydrogen-bond donors (Lipinski definition) is 1. The number of nitrogens with two attached hydrogens (primary N) is 1. The fourth-order valence-corrected chi connectivity index (χ4v) is 4.91. The SMILES string of the molecule is C[C@H]1CCC[C@@]2(C1)[C@@H]1CC[C@@H](C1)[C@@H]2N. The number of hydrogen-bond acceptors (Lipinski definition) is 1. The Morgan fingerprint density at radius 2 is 2.07 bits per heavy atom. The van der Waals surface area contributed by atoms with Crippen molar-refractivity contribution in [2.24, 2.45) is 28.9 Å². The lowest BCUT2D eigenvalue weighted by Gasteiger charge is -2.47. The molecule has 0 aromatic rings. The van der Waals surface area contributed by atoms with Gasteiger partial charge in [-0.15, -0.1) is 0 Å². The molecule has 0 saturated heterocycles. The van der Waals surface area contributed by atoms with E-state index in [2.05, 4.69) is 6.92 Å². The van der Waals surface area contributed by atoms with Crippen LogP contribution < -0.4 is 5.73 Å². The second-order valence-electron chi connectivity index (χ2n) is 6.23. The zero-order valence-electron chi connectivity index (χ0n) is 9.34. The molecule has 3 aliphatic carbocycles. The van der Waals surface area contributed by atoms with E-state index >= 15 is 0 Å². The summed E-state index contributed by atoms with van der Waals surface area (Å²) in [6.07, 6.45) is 10.2. The van der Waals surface area contributed by atoms with Crippen molar-refractivity contribution >= 4 is 0 Å². The Kier molecular flexibility index (Phi) is 1.96. The van der Waals surface area contributed by atoms with Gasteiger partial charge in [-0.3, -0.25) is 0 Å². The van der Waals surface area contributed by atoms with Crippen molar-refractivity contribution in [3.05, 3.63) is 0 Å². The normalized spacial score (nSPS) is 57.0. The highest BCUT2D eigenvalue weighted by Gasteiger charge is 2.56. The highest BCUT2D eigenvalue weighted by molar-refractivity contribution is 5.09. The van der Waals surface area contributed by atoms with Crippen molar-refractivity contribution in [3.8, 4) is 0 Å². The molecule has 0 aromatic heterocycles. The summed E-state index contributed by atoms with van der Waals surface area (Å²) in [5.74, 6) is 2.84. The fourth-order valence-electron chi connectivity index (χ4n) is 4.91. The Balaban J connectivity index is 1.87. The van der Waals surface area contributed by atoms with E-state index in [1.54, 1.807) is 0 Å². The Morgan fingerprint density at radius 3 is 2.71 bits per heavy atom. The van der Waals surface area contributed by atoms with Crippen LogP contribution in [0.5, 0.6) is 0 Å². The van der Waals surface area contributed by atoms with E-state index in [4.69, 9.17) is 5.73 Å². The lowest BCUT2D eigenvalue weighted by Crippen LogP contribution is -2.48. The van der Waals surface area contributed by atoms with Crippen LogP contribution in [0.4, 0.5) is 0 Å². The largest absolute Gasteiger partial charge is 0.327 e. The Bertz CT molecular complexity index is 233. The maximum atomic E-state index is 6.49. The van der Waals surface area contributed by atoms with Crippen LogP contribution in [0.15, 0.2) is 0 Å². The minimum Gasteiger partial charge on any atom is -0.327 e. The van der Waals surface area contributed by atoms with Gasteiger partial charge in [0.05, 0.1) is 0 Å². The first kappa shape index (κ1) is 9.21. The Hall–Kier alpha value is -0.0400. The van der Waals surface area contributed by atoms with E-state index in [0.717, 1.165) is 17.8 Å². The van der Waals surface area contributed by atoms with Gasteiger partial charge in [0.2, 0.25) is 0 Å². The average molecular weight is 193 g/mol. The molecule has 0 unspecified atom stereocenters. The summed E-state index contributed by atoms with van der Waals surface area (Å²) < 4.78 is 0. The third-order valence-electron chi connectivity index (χ3n) is 5.53. The summed E-state index contributed by atoms with van der Waals surface area (Å²) in [6, 6.07) is 0.559. The molecular formula is C13H23N. The summed E-state index contributed by atoms with van der Waals surface area (Å²) in [6.45, 7) is 2.43. The van der Waals surface area contributed by atoms with Crippen LogP contribution in [0.25, 0.3) is 0 Å². The summed E-state index contributed by atoms with van der Waals surface area (Å²) >= 11 is 0. The number of fused-ring (bicyclic) bond motifs is 3. The van der Waals surface area contributed by atoms with Crippen molar-refractivity contribution in [2.45, 2.75) is 57.9 Å². The monoisotopic (exact) mass is 193 g/mol. The minimum atomic E-state index is 0.559. The lowest BCUT2D eigenvalue weighted by molar-refractivity contribution is 0.0531. The molecule has 3 rings (SSSR count). The van der Waals surface area contributed by atoms with E-state index in [0.29, 0.717) is 11.5 Å². The molecule has 0 amide bonds. The Labute approximate surface area is 87.4 Å². The molecule has 2 N–H and O–H groups in total. The lowest BCUT2D eigenvalue weighted by atomic mass is 9.60. The smallest absolute Gasteiger partial charge is 0.0127 e. The third-order valence-corrected chi connectivity index (χ3v) is 5.53. The van der Waals surface area contributed by atoms with Gasteiger partial charge < -0.3 is 5.73 Å². The van der Waals surface area contributed by atoms with Gasteiger partial charge in [0.15, 0.2) is 0 Å². The van der Waals surface area contributed by atoms with Crippen LogP contribution in [-0.4, -0.2) is 6.04 Å². The predicted octanol–water partition coefficient (Wildman–Crippen LogP) is 2.94. The molecule has 3 fully saturated rings. The van der Waals surface area contributed by atoms with Gasteiger partial charge in [-0.1, -0.05) is 19.8 Å². The van der Waals surface area contributed by atoms with Crippen LogP contribution in [0.2, 0.25) is 0 Å². The molecular weight excluding hydrogens is 170 g/mol. The maximum absolute atomic E-state index is 6.49. The van der Waals surface area contributed by atoms with Gasteiger partial charge in [0, 0.05) is 6.04 Å². The van der Waals surface area contributed by atoms with Crippen molar-refractivity contribution in [2.75, 3.05) is 0 Å². The third kappa shape index (κ3) is 1.05. The standard InChI is InChI=1S/C13H23N/c1-9-3-2-6-13(8-9)11-5-4-10(7-11)12(13)14/h9-12H,2-8,14H2,1H3/t9-,10-,11+,12-,13+/m0/s1. The molecule has 5 atom stereocenters. The van der Waals surface area contributed by atoms with Crippen molar-refractivity contribution in [1.82, 2.24) is 0 Å². The molecule has 0 aromatic carbocycles. The zero-order valence-corrected chi connectivity index (χ0v) is 9.34.